The van der Waals surface area contributed by atoms with Crippen LogP contribution in [0.25, 0.3) is 0 Å². The highest BCUT2D eigenvalue weighted by molar-refractivity contribution is 7.75. The predicted molar refractivity (Wildman–Crippen MR) is 53.3 cm³/mol. The molecule has 0 bridgehead atoms. The summed E-state index contributed by atoms with van der Waals surface area (Å²) in [4.78, 5) is 20.7. The van der Waals surface area contributed by atoms with Gasteiger partial charge in [0.2, 0.25) is 0 Å². The molecule has 16 heavy (non-hydrogen) atoms. The number of hydrogen-bond acceptors (Lipinski definition) is 7. The lowest BCUT2D eigenvalue weighted by Gasteiger charge is -2.04. The van der Waals surface area contributed by atoms with Crippen LogP contribution >= 0.6 is 0 Å². The maximum atomic E-state index is 10.9. The first-order chi connectivity index (χ1) is 7.52. The van der Waals surface area contributed by atoms with Crippen LogP contribution in [0.5, 0.6) is 0 Å². The van der Waals surface area contributed by atoms with Gasteiger partial charge >= 0.3 is 23.3 Å². The van der Waals surface area contributed by atoms with Gasteiger partial charge in [0.05, 0.1) is 0 Å². The van der Waals surface area contributed by atoms with E-state index in [1.165, 1.54) is 13.8 Å². The van der Waals surface area contributed by atoms with Crippen LogP contribution in [0.15, 0.2) is 0 Å². The fourth-order valence-corrected chi connectivity index (χ4v) is 1.09. The Hall–Kier alpha value is -0.990. The van der Waals surface area contributed by atoms with E-state index < -0.39 is 23.3 Å². The minimum absolute atomic E-state index is 0.00831. The molecule has 0 aliphatic heterocycles. The molecule has 0 atom stereocenters. The minimum atomic E-state index is -1.93. The van der Waals surface area contributed by atoms with Crippen molar-refractivity contribution in [3.05, 3.63) is 0 Å². The van der Waals surface area contributed by atoms with Gasteiger partial charge in [0, 0.05) is 13.8 Å². The Kier molecular flexibility index (Phi) is 8.68. The van der Waals surface area contributed by atoms with Gasteiger partial charge in [0.25, 0.3) is 0 Å². The van der Waals surface area contributed by atoms with Crippen LogP contribution < -0.4 is 0 Å². The topological polar surface area (TPSA) is 88.1 Å². The van der Waals surface area contributed by atoms with E-state index in [0.717, 1.165) is 0 Å². The average Bonchev–Trinajstić information content (AvgIpc) is 2.19. The van der Waals surface area contributed by atoms with E-state index in [9.17, 15) is 13.8 Å². The lowest BCUT2D eigenvalue weighted by molar-refractivity contribution is -0.142. The van der Waals surface area contributed by atoms with Gasteiger partial charge in [0.1, 0.15) is 26.4 Å². The highest BCUT2D eigenvalue weighted by Gasteiger charge is 2.02. The highest BCUT2D eigenvalue weighted by Crippen LogP contribution is 1.90. The monoisotopic (exact) mass is 254 g/mol. The summed E-state index contributed by atoms with van der Waals surface area (Å²) < 4.78 is 29.2. The summed E-state index contributed by atoms with van der Waals surface area (Å²) in [7, 11) is 0. The molecule has 0 amide bonds. The molecule has 0 radical (unpaired) electrons. The second-order valence-electron chi connectivity index (χ2n) is 2.53. The van der Waals surface area contributed by atoms with Crippen LogP contribution in [0.2, 0.25) is 0 Å². The number of carbonyl (C=O) groups excluding carboxylic acids is 2. The first-order valence-corrected chi connectivity index (χ1v) is 5.47. The number of hydrogen-bond donors (Lipinski definition) is 0. The maximum Gasteiger partial charge on any atom is 0.304 e. The molecule has 0 aromatic carbocycles. The lowest BCUT2D eigenvalue weighted by atomic mass is 10.7. The Labute approximate surface area is 95.9 Å². The van der Waals surface area contributed by atoms with Crippen molar-refractivity contribution in [2.24, 2.45) is 0 Å². The van der Waals surface area contributed by atoms with Gasteiger partial charge in [-0.3, -0.25) is 18.0 Å². The summed E-state index contributed by atoms with van der Waals surface area (Å²) in [6, 6.07) is 0. The maximum absolute atomic E-state index is 10.9. The van der Waals surface area contributed by atoms with Gasteiger partial charge in [0.15, 0.2) is 0 Å². The summed E-state index contributed by atoms with van der Waals surface area (Å²) >= 11 is -1.93. The number of rotatable bonds is 8. The fourth-order valence-electron chi connectivity index (χ4n) is 0.609. The average molecular weight is 254 g/mol. The molecular formula is C8H14O7S. The van der Waals surface area contributed by atoms with Crippen molar-refractivity contribution in [1.82, 2.24) is 0 Å². The first kappa shape index (κ1) is 15.0. The van der Waals surface area contributed by atoms with Crippen LogP contribution in [0.3, 0.4) is 0 Å². The standard InChI is InChI=1S/C8H14O7S/c1-7(9)12-3-5-14-16(11)15-6-4-13-8(2)10/h3-6H2,1-2H3. The zero-order chi connectivity index (χ0) is 12.4. The van der Waals surface area contributed by atoms with E-state index >= 15 is 0 Å². The summed E-state index contributed by atoms with van der Waals surface area (Å²) in [6.07, 6.45) is 0. The Morgan fingerprint density at radius 2 is 1.25 bits per heavy atom. The molecule has 8 heteroatoms. The second kappa shape index (κ2) is 9.25. The van der Waals surface area contributed by atoms with Gasteiger partial charge in [-0.15, -0.1) is 0 Å². The van der Waals surface area contributed by atoms with Gasteiger partial charge in [-0.05, 0) is 0 Å². The molecule has 0 aliphatic rings. The zero-order valence-corrected chi connectivity index (χ0v) is 9.91. The lowest BCUT2D eigenvalue weighted by Crippen LogP contribution is -2.13. The smallest absolute Gasteiger partial charge is 0.304 e. The van der Waals surface area contributed by atoms with Crippen molar-refractivity contribution in [2.75, 3.05) is 26.4 Å². The van der Waals surface area contributed by atoms with Gasteiger partial charge in [-0.2, -0.15) is 4.21 Å². The number of carbonyl (C=O) groups is 2. The molecule has 0 heterocycles. The Balaban J connectivity index is 3.31. The van der Waals surface area contributed by atoms with Crippen molar-refractivity contribution in [1.29, 1.82) is 0 Å². The Bertz CT molecular complexity index is 229. The molecule has 0 saturated heterocycles. The van der Waals surface area contributed by atoms with Gasteiger partial charge < -0.3 is 9.47 Å². The third-order valence-electron chi connectivity index (χ3n) is 1.14. The molecule has 0 N–H and O–H groups in total. The van der Waals surface area contributed by atoms with Crippen molar-refractivity contribution >= 4 is 23.3 Å². The Morgan fingerprint density at radius 3 is 1.56 bits per heavy atom. The molecule has 0 aromatic rings. The first-order valence-electron chi connectivity index (χ1n) is 4.47. The van der Waals surface area contributed by atoms with Crippen molar-refractivity contribution in [3.8, 4) is 0 Å². The van der Waals surface area contributed by atoms with E-state index in [-0.39, 0.29) is 26.4 Å². The molecular weight excluding hydrogens is 240 g/mol. The second-order valence-corrected chi connectivity index (χ2v) is 3.41. The number of esters is 2. The normalized spacial score (nSPS) is 10.2. The summed E-state index contributed by atoms with van der Waals surface area (Å²) in [5.74, 6) is -0.879. The quantitative estimate of drug-likeness (QED) is 0.435. The number of ether oxygens (including phenoxy) is 2. The van der Waals surface area contributed by atoms with Gasteiger partial charge in [-0.1, -0.05) is 0 Å². The summed E-state index contributed by atoms with van der Waals surface area (Å²) in [5.41, 5.74) is 0. The molecule has 94 valence electrons. The van der Waals surface area contributed by atoms with E-state index in [4.69, 9.17) is 0 Å². The van der Waals surface area contributed by atoms with Crippen LogP contribution in [0.4, 0.5) is 0 Å². The van der Waals surface area contributed by atoms with Crippen LogP contribution in [-0.2, 0) is 38.8 Å². The zero-order valence-electron chi connectivity index (χ0n) is 9.09. The van der Waals surface area contributed by atoms with Gasteiger partial charge in [-0.25, -0.2) is 0 Å². The van der Waals surface area contributed by atoms with E-state index in [1.807, 2.05) is 0 Å². The van der Waals surface area contributed by atoms with E-state index in [0.29, 0.717) is 0 Å². The molecule has 0 unspecified atom stereocenters. The largest absolute Gasteiger partial charge is 0.463 e. The molecule has 7 nitrogen and oxygen atoms in total. The highest BCUT2D eigenvalue weighted by atomic mass is 32.2. The molecule has 0 rings (SSSR count). The third kappa shape index (κ3) is 11.1. The minimum Gasteiger partial charge on any atom is -0.463 e. The van der Waals surface area contributed by atoms with Crippen LogP contribution in [-0.4, -0.2) is 42.6 Å². The SMILES string of the molecule is CC(=O)OCCOS(=O)OCCOC(C)=O. The molecule has 0 aliphatic carbocycles. The predicted octanol–water partition coefficient (Wildman–Crippen LogP) is -0.276. The van der Waals surface area contributed by atoms with E-state index in [1.54, 1.807) is 0 Å². The summed E-state index contributed by atoms with van der Waals surface area (Å²) in [6.45, 7) is 2.47. The van der Waals surface area contributed by atoms with Crippen molar-refractivity contribution in [3.63, 3.8) is 0 Å². The molecule has 0 saturated carbocycles. The molecule has 0 fully saturated rings. The third-order valence-corrected chi connectivity index (χ3v) is 1.85. The van der Waals surface area contributed by atoms with Crippen molar-refractivity contribution in [2.45, 2.75) is 13.8 Å². The fraction of sp³-hybridized carbons (Fsp3) is 0.750. The molecule has 0 aromatic heterocycles. The van der Waals surface area contributed by atoms with Crippen LogP contribution in [0.1, 0.15) is 13.8 Å². The summed E-state index contributed by atoms with van der Waals surface area (Å²) in [5, 5.41) is 0. The molecule has 0 spiro atoms. The van der Waals surface area contributed by atoms with Crippen LogP contribution in [0, 0.1) is 0 Å². The van der Waals surface area contributed by atoms with E-state index in [2.05, 4.69) is 17.8 Å². The Morgan fingerprint density at radius 1 is 0.875 bits per heavy atom. The van der Waals surface area contributed by atoms with Crippen molar-refractivity contribution < 1.29 is 31.6 Å².